The van der Waals surface area contributed by atoms with Crippen LogP contribution in [-0.2, 0) is 0 Å². The van der Waals surface area contributed by atoms with Crippen LogP contribution in [0.5, 0.6) is 0 Å². The Morgan fingerprint density at radius 2 is 1.59 bits per heavy atom. The van der Waals surface area contributed by atoms with E-state index in [0.717, 1.165) is 5.69 Å². The SMILES string of the molecule is CN(C)c1cccc(C(=O)NNC(=O)c2ccccc2NC(=O)c2cccs2)c1. The van der Waals surface area contributed by atoms with Crippen molar-refractivity contribution in [3.8, 4) is 0 Å². The van der Waals surface area contributed by atoms with E-state index in [-0.39, 0.29) is 11.5 Å². The molecular formula is C21H20N4O3S. The van der Waals surface area contributed by atoms with Gasteiger partial charge in [0.15, 0.2) is 0 Å². The van der Waals surface area contributed by atoms with E-state index in [9.17, 15) is 14.4 Å². The van der Waals surface area contributed by atoms with Crippen molar-refractivity contribution in [2.45, 2.75) is 0 Å². The molecule has 0 bridgehead atoms. The molecule has 1 aromatic heterocycles. The molecular weight excluding hydrogens is 388 g/mol. The Labute approximate surface area is 172 Å². The quantitative estimate of drug-likeness (QED) is 0.566. The van der Waals surface area contributed by atoms with Gasteiger partial charge in [0, 0.05) is 25.3 Å². The maximum absolute atomic E-state index is 12.6. The molecule has 0 saturated carbocycles. The van der Waals surface area contributed by atoms with E-state index in [0.29, 0.717) is 16.1 Å². The van der Waals surface area contributed by atoms with Gasteiger partial charge in [0.1, 0.15) is 0 Å². The van der Waals surface area contributed by atoms with Crippen LogP contribution in [-0.4, -0.2) is 31.8 Å². The maximum Gasteiger partial charge on any atom is 0.271 e. The van der Waals surface area contributed by atoms with Gasteiger partial charge >= 0.3 is 0 Å². The van der Waals surface area contributed by atoms with Crippen molar-refractivity contribution in [2.24, 2.45) is 0 Å². The summed E-state index contributed by atoms with van der Waals surface area (Å²) in [6.07, 6.45) is 0. The number of nitrogens with zero attached hydrogens (tertiary/aromatic N) is 1. The second-order valence-electron chi connectivity index (χ2n) is 6.33. The Morgan fingerprint density at radius 1 is 0.828 bits per heavy atom. The number of anilines is 2. The average molecular weight is 408 g/mol. The molecule has 3 aromatic rings. The molecule has 0 fully saturated rings. The minimum absolute atomic E-state index is 0.236. The molecule has 0 atom stereocenters. The molecule has 0 saturated heterocycles. The van der Waals surface area contributed by atoms with Gasteiger partial charge in [0.2, 0.25) is 0 Å². The first-order valence-corrected chi connectivity index (χ1v) is 9.65. The molecule has 0 aliphatic heterocycles. The number of benzene rings is 2. The molecule has 1 heterocycles. The van der Waals surface area contributed by atoms with Crippen LogP contribution >= 0.6 is 11.3 Å². The number of nitrogens with one attached hydrogen (secondary N) is 3. The molecule has 0 unspecified atom stereocenters. The number of carbonyl (C=O) groups is 3. The Balaban J connectivity index is 1.67. The van der Waals surface area contributed by atoms with Crippen LogP contribution in [0, 0.1) is 0 Å². The highest BCUT2D eigenvalue weighted by atomic mass is 32.1. The first-order valence-electron chi connectivity index (χ1n) is 8.77. The molecule has 8 heteroatoms. The highest BCUT2D eigenvalue weighted by Gasteiger charge is 2.15. The Morgan fingerprint density at radius 3 is 2.31 bits per heavy atom. The summed E-state index contributed by atoms with van der Waals surface area (Å²) in [4.78, 5) is 39.6. The Bertz CT molecular complexity index is 1030. The van der Waals surface area contributed by atoms with Crippen LogP contribution in [0.1, 0.15) is 30.4 Å². The molecule has 3 rings (SSSR count). The van der Waals surface area contributed by atoms with Gasteiger partial charge in [0.25, 0.3) is 17.7 Å². The second kappa shape index (κ2) is 9.03. The Kier molecular flexibility index (Phi) is 6.25. The van der Waals surface area contributed by atoms with Crippen LogP contribution < -0.4 is 21.1 Å². The van der Waals surface area contributed by atoms with Gasteiger partial charge in [-0.3, -0.25) is 25.2 Å². The maximum atomic E-state index is 12.6. The van der Waals surface area contributed by atoms with Crippen molar-refractivity contribution < 1.29 is 14.4 Å². The van der Waals surface area contributed by atoms with Crippen molar-refractivity contribution in [1.82, 2.24) is 10.9 Å². The zero-order valence-corrected chi connectivity index (χ0v) is 16.7. The number of hydrogen-bond acceptors (Lipinski definition) is 5. The number of carbonyl (C=O) groups excluding carboxylic acids is 3. The van der Waals surface area contributed by atoms with Gasteiger partial charge in [-0.1, -0.05) is 24.3 Å². The highest BCUT2D eigenvalue weighted by Crippen LogP contribution is 2.18. The third kappa shape index (κ3) is 4.99. The topological polar surface area (TPSA) is 90.5 Å². The van der Waals surface area contributed by atoms with Crippen LogP contribution in [0.2, 0.25) is 0 Å². The zero-order chi connectivity index (χ0) is 20.8. The summed E-state index contributed by atoms with van der Waals surface area (Å²) in [7, 11) is 3.75. The van der Waals surface area contributed by atoms with E-state index >= 15 is 0 Å². The number of para-hydroxylation sites is 1. The van der Waals surface area contributed by atoms with E-state index in [4.69, 9.17) is 0 Å². The van der Waals surface area contributed by atoms with Crippen molar-refractivity contribution in [3.63, 3.8) is 0 Å². The molecule has 0 radical (unpaired) electrons. The molecule has 29 heavy (non-hydrogen) atoms. The van der Waals surface area contributed by atoms with Crippen molar-refractivity contribution in [1.29, 1.82) is 0 Å². The van der Waals surface area contributed by atoms with Crippen molar-refractivity contribution >= 4 is 40.4 Å². The summed E-state index contributed by atoms with van der Waals surface area (Å²) in [5.74, 6) is -1.28. The first-order chi connectivity index (χ1) is 14.0. The van der Waals surface area contributed by atoms with E-state index in [1.165, 1.54) is 11.3 Å². The van der Waals surface area contributed by atoms with E-state index in [1.807, 2.05) is 25.1 Å². The summed E-state index contributed by atoms with van der Waals surface area (Å²) < 4.78 is 0. The summed E-state index contributed by atoms with van der Waals surface area (Å²) in [6, 6.07) is 17.1. The number of thiophene rings is 1. The standard InChI is InChI=1S/C21H20N4O3S/c1-25(2)15-8-5-7-14(13-15)19(26)23-24-20(27)16-9-3-4-10-17(16)22-21(28)18-11-6-12-29-18/h3-13H,1-2H3,(H,22,28)(H,23,26)(H,24,27). The molecule has 0 aliphatic rings. The van der Waals surface area contributed by atoms with E-state index < -0.39 is 11.8 Å². The summed E-state index contributed by atoms with van der Waals surface area (Å²) in [5, 5.41) is 4.53. The first kappa shape index (κ1) is 20.1. The third-order valence-electron chi connectivity index (χ3n) is 4.08. The lowest BCUT2D eigenvalue weighted by atomic mass is 10.1. The van der Waals surface area contributed by atoms with Crippen molar-refractivity contribution in [3.05, 3.63) is 82.0 Å². The van der Waals surface area contributed by atoms with E-state index in [2.05, 4.69) is 16.2 Å². The molecule has 0 aliphatic carbocycles. The molecule has 2 aromatic carbocycles. The van der Waals surface area contributed by atoms with Crippen molar-refractivity contribution in [2.75, 3.05) is 24.3 Å². The van der Waals surface area contributed by atoms with Crippen LogP contribution in [0.15, 0.2) is 66.0 Å². The predicted octanol–water partition coefficient (Wildman–Crippen LogP) is 3.14. The minimum Gasteiger partial charge on any atom is -0.378 e. The van der Waals surface area contributed by atoms with Crippen LogP contribution in [0.25, 0.3) is 0 Å². The highest BCUT2D eigenvalue weighted by molar-refractivity contribution is 7.12. The fourth-order valence-corrected chi connectivity index (χ4v) is 3.18. The number of rotatable bonds is 5. The number of amides is 3. The van der Waals surface area contributed by atoms with Gasteiger partial charge in [0.05, 0.1) is 16.1 Å². The van der Waals surface area contributed by atoms with Crippen LogP contribution in [0.3, 0.4) is 0 Å². The number of hydrazine groups is 1. The minimum atomic E-state index is -0.538. The van der Waals surface area contributed by atoms with E-state index in [1.54, 1.807) is 60.0 Å². The average Bonchev–Trinajstić information content (AvgIpc) is 3.27. The number of hydrogen-bond donors (Lipinski definition) is 3. The fourth-order valence-electron chi connectivity index (χ4n) is 2.56. The summed E-state index contributed by atoms with van der Waals surface area (Å²) in [5.41, 5.74) is 6.67. The largest absolute Gasteiger partial charge is 0.378 e. The Hall–Kier alpha value is -3.65. The molecule has 3 amide bonds. The molecule has 0 spiro atoms. The summed E-state index contributed by atoms with van der Waals surface area (Å²) in [6.45, 7) is 0. The normalized spacial score (nSPS) is 10.1. The van der Waals surface area contributed by atoms with Gasteiger partial charge in [-0.2, -0.15) is 0 Å². The zero-order valence-electron chi connectivity index (χ0n) is 15.9. The molecule has 148 valence electrons. The lowest BCUT2D eigenvalue weighted by molar-refractivity contribution is 0.0847. The predicted molar refractivity (Wildman–Crippen MR) is 114 cm³/mol. The smallest absolute Gasteiger partial charge is 0.271 e. The van der Waals surface area contributed by atoms with Gasteiger partial charge < -0.3 is 10.2 Å². The fraction of sp³-hybridized carbons (Fsp3) is 0.0952. The lowest BCUT2D eigenvalue weighted by Crippen LogP contribution is -2.42. The lowest BCUT2D eigenvalue weighted by Gasteiger charge is -2.14. The second-order valence-corrected chi connectivity index (χ2v) is 7.28. The molecule has 7 nitrogen and oxygen atoms in total. The van der Waals surface area contributed by atoms with Gasteiger partial charge in [-0.25, -0.2) is 0 Å². The van der Waals surface area contributed by atoms with Gasteiger partial charge in [-0.15, -0.1) is 11.3 Å². The van der Waals surface area contributed by atoms with Crippen LogP contribution in [0.4, 0.5) is 11.4 Å². The van der Waals surface area contributed by atoms with Gasteiger partial charge in [-0.05, 0) is 41.8 Å². The third-order valence-corrected chi connectivity index (χ3v) is 4.95. The monoisotopic (exact) mass is 408 g/mol. The molecule has 3 N–H and O–H groups in total. The summed E-state index contributed by atoms with van der Waals surface area (Å²) >= 11 is 1.31.